The molecule has 7 heteroatoms. The largest absolute Gasteiger partial charge is 0.384 e. The number of hydrogen-bond acceptors (Lipinski definition) is 4. The molecule has 0 bridgehead atoms. The molecule has 0 aliphatic rings. The second kappa shape index (κ2) is 7.64. The third-order valence-electron chi connectivity index (χ3n) is 2.54. The van der Waals surface area contributed by atoms with Crippen molar-refractivity contribution in [3.8, 4) is 11.8 Å². The molecule has 1 rings (SSSR count). The molecule has 4 nitrogen and oxygen atoms in total. The Labute approximate surface area is 123 Å². The summed E-state index contributed by atoms with van der Waals surface area (Å²) in [4.78, 5) is -0.365. The monoisotopic (exact) mass is 317 g/mol. The Morgan fingerprint density at radius 1 is 1.45 bits per heavy atom. The van der Waals surface area contributed by atoms with Gasteiger partial charge in [0.15, 0.2) is 0 Å². The second-order valence-corrected chi connectivity index (χ2v) is 6.92. The molecule has 1 N–H and O–H groups in total. The summed E-state index contributed by atoms with van der Waals surface area (Å²) in [6.07, 6.45) is 1.87. The third-order valence-corrected chi connectivity index (χ3v) is 5.02. The molecule has 110 valence electrons. The first kappa shape index (κ1) is 17.0. The zero-order chi connectivity index (χ0) is 15.2. The van der Waals surface area contributed by atoms with Crippen molar-refractivity contribution in [3.63, 3.8) is 0 Å². The Kier molecular flexibility index (Phi) is 6.49. The van der Waals surface area contributed by atoms with Gasteiger partial charge in [-0.05, 0) is 24.5 Å². The number of halogens is 1. The normalized spacial score (nSPS) is 11.2. The molecule has 1 aromatic rings. The molecule has 0 heterocycles. The van der Waals surface area contributed by atoms with Crippen LogP contribution in [0.2, 0.25) is 0 Å². The minimum absolute atomic E-state index is 0.314. The molecule has 0 unspecified atom stereocenters. The lowest BCUT2D eigenvalue weighted by atomic mass is 10.2. The number of hydrogen-bond donors (Lipinski definition) is 1. The predicted octanol–water partition coefficient (Wildman–Crippen LogP) is 1.15. The minimum Gasteiger partial charge on any atom is -0.384 e. The van der Waals surface area contributed by atoms with Gasteiger partial charge in [0, 0.05) is 24.9 Å². The highest BCUT2D eigenvalue weighted by molar-refractivity contribution is 7.98. The van der Waals surface area contributed by atoms with E-state index < -0.39 is 15.8 Å². The fourth-order valence-corrected chi connectivity index (χ4v) is 3.22. The standard InChI is InChI=1S/C13H16FNO3S2/c1-15(7-9-19-2)20(17,18)13-6-5-11(4-3-8-16)10-12(13)14/h5-6,10,16H,7-9H2,1-2H3. The van der Waals surface area contributed by atoms with E-state index in [1.165, 1.54) is 30.9 Å². The summed E-state index contributed by atoms with van der Waals surface area (Å²) in [5.41, 5.74) is 0.322. The average molecular weight is 317 g/mol. The van der Waals surface area contributed by atoms with Crippen LogP contribution in [0.3, 0.4) is 0 Å². The van der Waals surface area contributed by atoms with Crippen molar-refractivity contribution in [2.24, 2.45) is 0 Å². The highest BCUT2D eigenvalue weighted by atomic mass is 32.2. The van der Waals surface area contributed by atoms with E-state index in [1.54, 1.807) is 0 Å². The summed E-state index contributed by atoms with van der Waals surface area (Å²) in [7, 11) is -2.41. The molecule has 0 fully saturated rings. The van der Waals surface area contributed by atoms with Crippen molar-refractivity contribution in [1.29, 1.82) is 0 Å². The first-order chi connectivity index (χ1) is 9.43. The molecule has 0 saturated heterocycles. The Bertz CT molecular complexity index is 620. The van der Waals surface area contributed by atoms with Crippen LogP contribution in [0, 0.1) is 17.7 Å². The molecule has 0 radical (unpaired) electrons. The van der Waals surface area contributed by atoms with E-state index in [9.17, 15) is 12.8 Å². The first-order valence-electron chi connectivity index (χ1n) is 5.78. The minimum atomic E-state index is -3.83. The number of aliphatic hydroxyl groups excluding tert-OH is 1. The van der Waals surface area contributed by atoms with Crippen LogP contribution in [0.4, 0.5) is 4.39 Å². The number of rotatable bonds is 5. The molecule has 20 heavy (non-hydrogen) atoms. The van der Waals surface area contributed by atoms with Gasteiger partial charge in [-0.2, -0.15) is 11.8 Å². The number of benzene rings is 1. The maximum absolute atomic E-state index is 13.9. The third kappa shape index (κ3) is 4.21. The van der Waals surface area contributed by atoms with Crippen molar-refractivity contribution in [3.05, 3.63) is 29.6 Å². The van der Waals surface area contributed by atoms with Crippen LogP contribution in [0.15, 0.2) is 23.1 Å². The van der Waals surface area contributed by atoms with Crippen LogP contribution >= 0.6 is 11.8 Å². The SMILES string of the molecule is CSCCN(C)S(=O)(=O)c1ccc(C#CCO)cc1F. The van der Waals surface area contributed by atoms with Gasteiger partial charge in [0.05, 0.1) is 0 Å². The second-order valence-electron chi connectivity index (χ2n) is 3.92. The number of thioether (sulfide) groups is 1. The highest BCUT2D eigenvalue weighted by Crippen LogP contribution is 2.19. The average Bonchev–Trinajstić information content (AvgIpc) is 2.42. The van der Waals surface area contributed by atoms with Crippen LogP contribution in [-0.2, 0) is 10.0 Å². The summed E-state index contributed by atoms with van der Waals surface area (Å²) >= 11 is 1.52. The van der Waals surface area contributed by atoms with Gasteiger partial charge in [-0.1, -0.05) is 11.8 Å². The molecule has 0 aromatic heterocycles. The molecule has 0 aliphatic carbocycles. The van der Waals surface area contributed by atoms with E-state index in [-0.39, 0.29) is 11.5 Å². The Hall–Kier alpha value is -1.07. The lowest BCUT2D eigenvalue weighted by molar-refractivity contribution is 0.350. The fourth-order valence-electron chi connectivity index (χ4n) is 1.44. The summed E-state index contributed by atoms with van der Waals surface area (Å²) in [5, 5.41) is 8.56. The molecule has 0 atom stereocenters. The highest BCUT2D eigenvalue weighted by Gasteiger charge is 2.24. The number of nitrogens with zero attached hydrogens (tertiary/aromatic N) is 1. The van der Waals surface area contributed by atoms with Crippen LogP contribution in [0.25, 0.3) is 0 Å². The summed E-state index contributed by atoms with van der Waals surface area (Å²) in [6.45, 7) is -0.0197. The molecule has 1 aromatic carbocycles. The lowest BCUT2D eigenvalue weighted by Gasteiger charge is -2.17. The van der Waals surface area contributed by atoms with Crippen LogP contribution in [-0.4, -0.2) is 50.0 Å². The quantitative estimate of drug-likeness (QED) is 0.828. The lowest BCUT2D eigenvalue weighted by Crippen LogP contribution is -2.29. The zero-order valence-corrected chi connectivity index (χ0v) is 12.9. The van der Waals surface area contributed by atoms with Gasteiger partial charge >= 0.3 is 0 Å². The van der Waals surface area contributed by atoms with Crippen molar-refractivity contribution in [2.75, 3.05) is 32.2 Å². The maximum atomic E-state index is 13.9. The van der Waals surface area contributed by atoms with Gasteiger partial charge in [0.2, 0.25) is 10.0 Å². The van der Waals surface area contributed by atoms with Gasteiger partial charge in [0.25, 0.3) is 0 Å². The van der Waals surface area contributed by atoms with Crippen molar-refractivity contribution in [1.82, 2.24) is 4.31 Å². The van der Waals surface area contributed by atoms with Crippen LogP contribution in [0.5, 0.6) is 0 Å². The number of sulfonamides is 1. The van der Waals surface area contributed by atoms with Gasteiger partial charge in [-0.15, -0.1) is 0 Å². The van der Waals surface area contributed by atoms with E-state index in [0.29, 0.717) is 17.9 Å². The zero-order valence-electron chi connectivity index (χ0n) is 11.3. The van der Waals surface area contributed by atoms with Crippen molar-refractivity contribution < 1.29 is 17.9 Å². The van der Waals surface area contributed by atoms with E-state index in [0.717, 1.165) is 10.4 Å². The summed E-state index contributed by atoms with van der Waals surface area (Å²) in [5.74, 6) is 4.70. The maximum Gasteiger partial charge on any atom is 0.245 e. The van der Waals surface area contributed by atoms with E-state index in [4.69, 9.17) is 5.11 Å². The summed E-state index contributed by atoms with van der Waals surface area (Å²) < 4.78 is 39.4. The molecule has 0 aliphatic heterocycles. The van der Waals surface area contributed by atoms with Crippen molar-refractivity contribution >= 4 is 21.8 Å². The van der Waals surface area contributed by atoms with Gasteiger partial charge in [-0.25, -0.2) is 17.1 Å². The smallest absolute Gasteiger partial charge is 0.245 e. The Balaban J connectivity index is 3.07. The van der Waals surface area contributed by atoms with E-state index in [2.05, 4.69) is 11.8 Å². The molecular weight excluding hydrogens is 301 g/mol. The topological polar surface area (TPSA) is 57.6 Å². The molecule has 0 amide bonds. The van der Waals surface area contributed by atoms with E-state index in [1.807, 2.05) is 6.26 Å². The first-order valence-corrected chi connectivity index (χ1v) is 8.61. The predicted molar refractivity (Wildman–Crippen MR) is 78.6 cm³/mol. The Morgan fingerprint density at radius 2 is 2.15 bits per heavy atom. The van der Waals surface area contributed by atoms with Gasteiger partial charge in [-0.3, -0.25) is 0 Å². The van der Waals surface area contributed by atoms with Crippen LogP contribution in [0.1, 0.15) is 5.56 Å². The van der Waals surface area contributed by atoms with Crippen molar-refractivity contribution in [2.45, 2.75) is 4.90 Å². The van der Waals surface area contributed by atoms with Crippen LogP contribution < -0.4 is 0 Å². The molecule has 0 saturated carbocycles. The van der Waals surface area contributed by atoms with Gasteiger partial charge < -0.3 is 5.11 Å². The van der Waals surface area contributed by atoms with E-state index >= 15 is 0 Å². The summed E-state index contributed by atoms with van der Waals surface area (Å²) in [6, 6.07) is 3.67. The fraction of sp³-hybridized carbons (Fsp3) is 0.385. The Morgan fingerprint density at radius 3 is 2.70 bits per heavy atom. The molecular formula is C13H16FNO3S2. The number of aliphatic hydroxyl groups is 1. The molecule has 0 spiro atoms. The van der Waals surface area contributed by atoms with Gasteiger partial charge in [0.1, 0.15) is 17.3 Å².